The molecule has 1 N–H and O–H groups in total. The van der Waals surface area contributed by atoms with Gasteiger partial charge in [-0.25, -0.2) is 0 Å². The number of nitrogens with one attached hydrogen (secondary N) is 1. The van der Waals surface area contributed by atoms with Crippen molar-refractivity contribution in [3.63, 3.8) is 0 Å². The number of alkyl halides is 1. The molecule has 0 aliphatic rings. The molecular formula is C11H25ClN2. The monoisotopic (exact) mass is 220 g/mol. The first-order chi connectivity index (χ1) is 6.44. The summed E-state index contributed by atoms with van der Waals surface area (Å²) >= 11 is 6.08. The summed E-state index contributed by atoms with van der Waals surface area (Å²) in [6.07, 6.45) is 0. The summed E-state index contributed by atoms with van der Waals surface area (Å²) in [6, 6.07) is 0. The summed E-state index contributed by atoms with van der Waals surface area (Å²) < 4.78 is 0. The van der Waals surface area contributed by atoms with Crippen LogP contribution in [0.25, 0.3) is 0 Å². The van der Waals surface area contributed by atoms with Gasteiger partial charge in [-0.1, -0.05) is 13.8 Å². The smallest absolute Gasteiger partial charge is 0.0484 e. The van der Waals surface area contributed by atoms with E-state index in [1.165, 1.54) is 0 Å². The lowest BCUT2D eigenvalue weighted by molar-refractivity contribution is 0.279. The van der Waals surface area contributed by atoms with E-state index in [1.807, 2.05) is 6.92 Å². The zero-order chi connectivity index (χ0) is 11.2. The molecule has 0 aliphatic carbocycles. The molecule has 0 fully saturated rings. The Hall–Kier alpha value is 0.210. The summed E-state index contributed by atoms with van der Waals surface area (Å²) in [5.74, 6) is 0. The molecule has 3 heteroatoms. The van der Waals surface area contributed by atoms with E-state index >= 15 is 0 Å². The highest BCUT2D eigenvalue weighted by molar-refractivity contribution is 6.21. The van der Waals surface area contributed by atoms with Gasteiger partial charge in [-0.2, -0.15) is 0 Å². The molecule has 0 saturated carbocycles. The first-order valence-corrected chi connectivity index (χ1v) is 5.99. The minimum absolute atomic E-state index is 0.0225. The van der Waals surface area contributed by atoms with Crippen LogP contribution in [0.3, 0.4) is 0 Å². The first-order valence-electron chi connectivity index (χ1n) is 5.55. The Labute approximate surface area is 94.0 Å². The molecular weight excluding hydrogens is 196 g/mol. The van der Waals surface area contributed by atoms with Crippen molar-refractivity contribution in [1.82, 2.24) is 10.2 Å². The molecule has 0 amide bonds. The van der Waals surface area contributed by atoms with Crippen LogP contribution in [0.5, 0.6) is 0 Å². The van der Waals surface area contributed by atoms with Gasteiger partial charge in [0.1, 0.15) is 0 Å². The van der Waals surface area contributed by atoms with Crippen LogP contribution in [0.1, 0.15) is 34.6 Å². The van der Waals surface area contributed by atoms with Crippen LogP contribution in [0, 0.1) is 0 Å². The second kappa shape index (κ2) is 6.65. The van der Waals surface area contributed by atoms with Crippen molar-refractivity contribution in [2.75, 3.05) is 26.2 Å². The molecule has 86 valence electrons. The minimum Gasteiger partial charge on any atom is -0.309 e. The largest absolute Gasteiger partial charge is 0.309 e. The normalized spacial score (nSPS) is 14.8. The zero-order valence-corrected chi connectivity index (χ0v) is 11.0. The van der Waals surface area contributed by atoms with Crippen molar-refractivity contribution >= 4 is 11.6 Å². The van der Waals surface area contributed by atoms with Crippen LogP contribution >= 0.6 is 11.6 Å². The van der Waals surface area contributed by atoms with Crippen molar-refractivity contribution in [2.45, 2.75) is 45.5 Å². The number of halogens is 1. The number of hydrogen-bond donors (Lipinski definition) is 1. The van der Waals surface area contributed by atoms with E-state index in [4.69, 9.17) is 11.6 Å². The van der Waals surface area contributed by atoms with Crippen molar-refractivity contribution in [1.29, 1.82) is 0 Å². The van der Waals surface area contributed by atoms with Crippen molar-refractivity contribution < 1.29 is 0 Å². The van der Waals surface area contributed by atoms with E-state index in [-0.39, 0.29) is 10.9 Å². The third-order valence-electron chi connectivity index (χ3n) is 2.90. The van der Waals surface area contributed by atoms with Crippen LogP contribution in [0.15, 0.2) is 0 Å². The van der Waals surface area contributed by atoms with E-state index < -0.39 is 0 Å². The maximum Gasteiger partial charge on any atom is 0.0484 e. The molecule has 0 aliphatic heterocycles. The Bertz CT molecular complexity index is 142. The second-order valence-electron chi connectivity index (χ2n) is 4.29. The third kappa shape index (κ3) is 5.18. The highest BCUT2D eigenvalue weighted by Gasteiger charge is 2.22. The second-order valence-corrected chi connectivity index (χ2v) is 4.95. The van der Waals surface area contributed by atoms with Gasteiger partial charge in [-0.05, 0) is 33.9 Å². The number of hydrogen-bond acceptors (Lipinski definition) is 2. The number of rotatable bonds is 7. The summed E-state index contributed by atoms with van der Waals surface area (Å²) in [4.78, 5) is 2.40. The van der Waals surface area contributed by atoms with E-state index in [0.29, 0.717) is 0 Å². The molecule has 0 rings (SSSR count). The molecule has 2 nitrogen and oxygen atoms in total. The van der Waals surface area contributed by atoms with Gasteiger partial charge in [0.05, 0.1) is 0 Å². The van der Waals surface area contributed by atoms with E-state index in [9.17, 15) is 0 Å². The molecule has 0 aromatic heterocycles. The highest BCUT2D eigenvalue weighted by Crippen LogP contribution is 2.13. The molecule has 0 saturated heterocycles. The fraction of sp³-hybridized carbons (Fsp3) is 1.00. The maximum atomic E-state index is 6.08. The predicted octanol–water partition coefficient (Wildman–Crippen LogP) is 2.32. The molecule has 1 unspecified atom stereocenters. The minimum atomic E-state index is 0.0225. The fourth-order valence-electron chi connectivity index (χ4n) is 1.22. The Kier molecular flexibility index (Phi) is 6.75. The van der Waals surface area contributed by atoms with Gasteiger partial charge in [0.25, 0.3) is 0 Å². The molecule has 14 heavy (non-hydrogen) atoms. The lowest BCUT2D eigenvalue weighted by Crippen LogP contribution is -2.48. The molecule has 0 spiro atoms. The fourth-order valence-corrected chi connectivity index (χ4v) is 1.29. The molecule has 0 heterocycles. The van der Waals surface area contributed by atoms with E-state index in [1.54, 1.807) is 0 Å². The number of nitrogens with zero attached hydrogens (tertiary/aromatic N) is 1. The Balaban J connectivity index is 3.72. The van der Waals surface area contributed by atoms with Crippen LogP contribution in [0.2, 0.25) is 0 Å². The lowest BCUT2D eigenvalue weighted by atomic mass is 10.0. The van der Waals surface area contributed by atoms with Gasteiger partial charge in [-0.3, -0.25) is 0 Å². The Morgan fingerprint density at radius 1 is 1.29 bits per heavy atom. The molecule has 0 aromatic carbocycles. The number of likely N-dealkylation sites (N-methyl/N-ethyl adjacent to an activating group) is 1. The predicted molar refractivity (Wildman–Crippen MR) is 65.2 cm³/mol. The molecule has 0 radical (unpaired) electrons. The van der Waals surface area contributed by atoms with Crippen molar-refractivity contribution in [3.05, 3.63) is 0 Å². The van der Waals surface area contributed by atoms with Crippen LogP contribution < -0.4 is 5.32 Å². The van der Waals surface area contributed by atoms with Crippen LogP contribution in [-0.4, -0.2) is 42.0 Å². The van der Waals surface area contributed by atoms with Gasteiger partial charge in [-0.15, -0.1) is 11.6 Å². The highest BCUT2D eigenvalue weighted by atomic mass is 35.5. The quantitative estimate of drug-likeness (QED) is 0.663. The van der Waals surface area contributed by atoms with Crippen molar-refractivity contribution in [2.24, 2.45) is 0 Å². The van der Waals surface area contributed by atoms with Gasteiger partial charge in [0.15, 0.2) is 0 Å². The summed E-state index contributed by atoms with van der Waals surface area (Å²) in [7, 11) is 0. The lowest BCUT2D eigenvalue weighted by Gasteiger charge is -2.30. The summed E-state index contributed by atoms with van der Waals surface area (Å²) in [6.45, 7) is 15.1. The topological polar surface area (TPSA) is 15.3 Å². The van der Waals surface area contributed by atoms with E-state index in [2.05, 4.69) is 37.9 Å². The standard InChI is InChI=1S/C11H25ClN2/c1-6-14(7-2)9-8-13-11(4,5)10(3)12/h10,13H,6-9H2,1-5H3. The average Bonchev–Trinajstić information content (AvgIpc) is 2.12. The Morgan fingerprint density at radius 3 is 2.14 bits per heavy atom. The van der Waals surface area contributed by atoms with Crippen molar-refractivity contribution in [3.8, 4) is 0 Å². The first kappa shape index (κ1) is 14.2. The summed E-state index contributed by atoms with van der Waals surface area (Å²) in [5.41, 5.74) is 0.0225. The average molecular weight is 221 g/mol. The van der Waals surface area contributed by atoms with Gasteiger partial charge in [0.2, 0.25) is 0 Å². The van der Waals surface area contributed by atoms with Crippen LogP contribution in [-0.2, 0) is 0 Å². The van der Waals surface area contributed by atoms with E-state index in [0.717, 1.165) is 26.2 Å². The summed E-state index contributed by atoms with van der Waals surface area (Å²) in [5, 5.41) is 3.64. The van der Waals surface area contributed by atoms with Crippen LogP contribution in [0.4, 0.5) is 0 Å². The molecule has 0 aromatic rings. The Morgan fingerprint density at radius 2 is 1.79 bits per heavy atom. The third-order valence-corrected chi connectivity index (χ3v) is 3.44. The van der Waals surface area contributed by atoms with Gasteiger partial charge < -0.3 is 10.2 Å². The molecule has 0 bridgehead atoms. The SMILES string of the molecule is CCN(CC)CCNC(C)(C)C(C)Cl. The zero-order valence-electron chi connectivity index (χ0n) is 10.2. The van der Waals surface area contributed by atoms with Gasteiger partial charge >= 0.3 is 0 Å². The van der Waals surface area contributed by atoms with Gasteiger partial charge in [0, 0.05) is 24.0 Å². The molecule has 1 atom stereocenters. The maximum absolute atomic E-state index is 6.08.